The van der Waals surface area contributed by atoms with Crippen LogP contribution in [0.3, 0.4) is 0 Å². The van der Waals surface area contributed by atoms with E-state index in [0.717, 1.165) is 38.5 Å². The first-order valence-corrected chi connectivity index (χ1v) is 10.7. The van der Waals surface area contributed by atoms with Crippen molar-refractivity contribution in [3.63, 3.8) is 0 Å². The molecule has 2 aromatic carbocycles. The Labute approximate surface area is 186 Å². The Bertz CT molecular complexity index is 827. The van der Waals surface area contributed by atoms with E-state index >= 15 is 0 Å². The summed E-state index contributed by atoms with van der Waals surface area (Å²) in [6, 6.07) is 12.6. The van der Waals surface area contributed by atoms with Crippen molar-refractivity contribution in [2.45, 2.75) is 13.0 Å². The van der Waals surface area contributed by atoms with Crippen LogP contribution in [0.4, 0.5) is 5.69 Å². The van der Waals surface area contributed by atoms with Gasteiger partial charge in [-0.3, -0.25) is 14.6 Å². The summed E-state index contributed by atoms with van der Waals surface area (Å²) < 4.78 is 5.76. The van der Waals surface area contributed by atoms with E-state index < -0.39 is 0 Å². The zero-order chi connectivity index (χ0) is 20.8. The lowest BCUT2D eigenvalue weighted by Crippen LogP contribution is -2.53. The lowest BCUT2D eigenvalue weighted by molar-refractivity contribution is -0.121. The SMILES string of the molecule is CC(C(=O)Nc1cc(Cl)c(Cl)cc1Cl)N1CCN(CCOc2ccccc2)CC1. The van der Waals surface area contributed by atoms with Gasteiger partial charge in [0.05, 0.1) is 26.8 Å². The standard InChI is InChI=1S/C21H24Cl3N3O2/c1-15(21(28)25-20-14-18(23)17(22)13-19(20)24)27-9-7-26(8-10-27)11-12-29-16-5-3-2-4-6-16/h2-6,13-15H,7-12H2,1H3,(H,25,28). The summed E-state index contributed by atoms with van der Waals surface area (Å²) in [6.07, 6.45) is 0. The summed E-state index contributed by atoms with van der Waals surface area (Å²) in [7, 11) is 0. The Morgan fingerprint density at radius 3 is 2.38 bits per heavy atom. The molecule has 1 atom stereocenters. The number of nitrogens with one attached hydrogen (secondary N) is 1. The molecule has 29 heavy (non-hydrogen) atoms. The van der Waals surface area contributed by atoms with Gasteiger partial charge in [-0.05, 0) is 31.2 Å². The minimum atomic E-state index is -0.275. The maximum Gasteiger partial charge on any atom is 0.241 e. The van der Waals surface area contributed by atoms with Gasteiger partial charge in [-0.15, -0.1) is 0 Å². The minimum Gasteiger partial charge on any atom is -0.492 e. The van der Waals surface area contributed by atoms with E-state index in [1.165, 1.54) is 6.07 Å². The monoisotopic (exact) mass is 455 g/mol. The van der Waals surface area contributed by atoms with Crippen LogP contribution in [0.5, 0.6) is 5.75 Å². The predicted octanol–water partition coefficient (Wildman–Crippen LogP) is 4.67. The summed E-state index contributed by atoms with van der Waals surface area (Å²) in [6.45, 7) is 6.82. The second kappa shape index (κ2) is 10.5. The van der Waals surface area contributed by atoms with Crippen LogP contribution in [-0.4, -0.2) is 61.1 Å². The van der Waals surface area contributed by atoms with Crippen molar-refractivity contribution in [3.8, 4) is 5.75 Å². The molecule has 0 aromatic heterocycles. The van der Waals surface area contributed by atoms with Crippen molar-refractivity contribution in [1.29, 1.82) is 0 Å². The predicted molar refractivity (Wildman–Crippen MR) is 120 cm³/mol. The van der Waals surface area contributed by atoms with Gasteiger partial charge in [0.25, 0.3) is 0 Å². The van der Waals surface area contributed by atoms with Gasteiger partial charge in [-0.1, -0.05) is 53.0 Å². The van der Waals surface area contributed by atoms with Gasteiger partial charge in [0.1, 0.15) is 12.4 Å². The molecule has 3 rings (SSSR count). The third-order valence-electron chi connectivity index (χ3n) is 5.02. The molecule has 156 valence electrons. The fourth-order valence-corrected chi connectivity index (χ4v) is 3.80. The highest BCUT2D eigenvalue weighted by Crippen LogP contribution is 2.32. The number of piperazine rings is 1. The zero-order valence-corrected chi connectivity index (χ0v) is 18.5. The number of rotatable bonds is 7. The fraction of sp³-hybridized carbons (Fsp3) is 0.381. The second-order valence-electron chi connectivity index (χ2n) is 6.95. The third-order valence-corrected chi connectivity index (χ3v) is 6.06. The van der Waals surface area contributed by atoms with Crippen molar-refractivity contribution in [1.82, 2.24) is 9.80 Å². The molecule has 0 saturated carbocycles. The fourth-order valence-electron chi connectivity index (χ4n) is 3.20. The first-order valence-electron chi connectivity index (χ1n) is 9.53. The van der Waals surface area contributed by atoms with E-state index in [1.807, 2.05) is 37.3 Å². The zero-order valence-electron chi connectivity index (χ0n) is 16.2. The lowest BCUT2D eigenvalue weighted by atomic mass is 10.2. The molecule has 0 aliphatic carbocycles. The highest BCUT2D eigenvalue weighted by molar-refractivity contribution is 6.44. The van der Waals surface area contributed by atoms with Gasteiger partial charge >= 0.3 is 0 Å². The van der Waals surface area contributed by atoms with Gasteiger partial charge in [-0.2, -0.15) is 0 Å². The number of hydrogen-bond donors (Lipinski definition) is 1. The van der Waals surface area contributed by atoms with Gasteiger partial charge in [0.15, 0.2) is 0 Å². The number of nitrogens with zero attached hydrogens (tertiary/aromatic N) is 2. The summed E-state index contributed by atoms with van der Waals surface area (Å²) in [4.78, 5) is 17.2. The number of para-hydroxylation sites is 1. The number of ether oxygens (including phenoxy) is 1. The molecule has 0 spiro atoms. The molecule has 0 radical (unpaired) electrons. The summed E-state index contributed by atoms with van der Waals surface area (Å²) in [5.41, 5.74) is 0.467. The van der Waals surface area contributed by atoms with Crippen molar-refractivity contribution < 1.29 is 9.53 Å². The van der Waals surface area contributed by atoms with E-state index in [0.29, 0.717) is 27.4 Å². The molecule has 1 aliphatic heterocycles. The molecule has 1 fully saturated rings. The number of anilines is 1. The first-order chi connectivity index (χ1) is 13.9. The van der Waals surface area contributed by atoms with Crippen LogP contribution in [-0.2, 0) is 4.79 Å². The van der Waals surface area contributed by atoms with Crippen LogP contribution in [0.2, 0.25) is 15.1 Å². The molecule has 1 N–H and O–H groups in total. The Hall–Kier alpha value is -1.50. The van der Waals surface area contributed by atoms with Crippen LogP contribution in [0, 0.1) is 0 Å². The lowest BCUT2D eigenvalue weighted by Gasteiger charge is -2.37. The molecule has 5 nitrogen and oxygen atoms in total. The van der Waals surface area contributed by atoms with Crippen LogP contribution < -0.4 is 10.1 Å². The maximum atomic E-state index is 12.6. The molecular weight excluding hydrogens is 433 g/mol. The quantitative estimate of drug-likeness (QED) is 0.615. The number of hydrogen-bond acceptors (Lipinski definition) is 4. The van der Waals surface area contributed by atoms with E-state index in [-0.39, 0.29) is 11.9 Å². The molecule has 1 heterocycles. The Balaban J connectivity index is 1.44. The minimum absolute atomic E-state index is 0.119. The maximum absolute atomic E-state index is 12.6. The molecule has 8 heteroatoms. The van der Waals surface area contributed by atoms with Crippen molar-refractivity contribution in [2.24, 2.45) is 0 Å². The largest absolute Gasteiger partial charge is 0.492 e. The number of carbonyl (C=O) groups is 1. The van der Waals surface area contributed by atoms with Gasteiger partial charge < -0.3 is 10.1 Å². The Morgan fingerprint density at radius 2 is 1.69 bits per heavy atom. The molecular formula is C21H24Cl3N3O2. The van der Waals surface area contributed by atoms with Gasteiger partial charge in [0.2, 0.25) is 5.91 Å². The topological polar surface area (TPSA) is 44.8 Å². The average molecular weight is 457 g/mol. The van der Waals surface area contributed by atoms with Crippen molar-refractivity contribution in [2.75, 3.05) is 44.6 Å². The number of amides is 1. The van der Waals surface area contributed by atoms with E-state index in [2.05, 4.69) is 15.1 Å². The first kappa shape index (κ1) is 22.2. The smallest absolute Gasteiger partial charge is 0.241 e. The molecule has 1 aliphatic rings. The number of benzene rings is 2. The van der Waals surface area contributed by atoms with Crippen molar-refractivity contribution >= 4 is 46.4 Å². The third kappa shape index (κ3) is 6.24. The normalized spacial score (nSPS) is 16.4. The van der Waals surface area contributed by atoms with E-state index in [1.54, 1.807) is 6.07 Å². The van der Waals surface area contributed by atoms with E-state index in [9.17, 15) is 4.79 Å². The molecule has 1 saturated heterocycles. The Kier molecular flexibility index (Phi) is 8.04. The van der Waals surface area contributed by atoms with Crippen LogP contribution in [0.15, 0.2) is 42.5 Å². The molecule has 0 bridgehead atoms. The highest BCUT2D eigenvalue weighted by Gasteiger charge is 2.26. The average Bonchev–Trinajstić information content (AvgIpc) is 2.72. The van der Waals surface area contributed by atoms with Crippen molar-refractivity contribution in [3.05, 3.63) is 57.5 Å². The summed E-state index contributed by atoms with van der Waals surface area (Å²) in [5, 5.41) is 3.92. The summed E-state index contributed by atoms with van der Waals surface area (Å²) in [5.74, 6) is 0.767. The van der Waals surface area contributed by atoms with E-state index in [4.69, 9.17) is 39.5 Å². The number of halogens is 3. The van der Waals surface area contributed by atoms with Gasteiger partial charge in [0, 0.05) is 32.7 Å². The highest BCUT2D eigenvalue weighted by atomic mass is 35.5. The molecule has 1 unspecified atom stereocenters. The van der Waals surface area contributed by atoms with Crippen LogP contribution in [0.1, 0.15) is 6.92 Å². The molecule has 2 aromatic rings. The second-order valence-corrected chi connectivity index (χ2v) is 8.17. The molecule has 1 amide bonds. The Morgan fingerprint density at radius 1 is 1.03 bits per heavy atom. The number of carbonyl (C=O) groups excluding carboxylic acids is 1. The van der Waals surface area contributed by atoms with Crippen LogP contribution in [0.25, 0.3) is 0 Å². The van der Waals surface area contributed by atoms with Crippen LogP contribution >= 0.6 is 34.8 Å². The van der Waals surface area contributed by atoms with Gasteiger partial charge in [-0.25, -0.2) is 0 Å². The summed E-state index contributed by atoms with van der Waals surface area (Å²) >= 11 is 18.1.